The van der Waals surface area contributed by atoms with Crippen LogP contribution in [0.1, 0.15) is 27.2 Å². The number of hydrogen-bond acceptors (Lipinski definition) is 3. The van der Waals surface area contributed by atoms with Gasteiger partial charge in [-0.05, 0) is 5.04 Å². The minimum absolute atomic E-state index is 0.109. The van der Waals surface area contributed by atoms with Crippen LogP contribution in [0.2, 0.25) is 18.1 Å². The van der Waals surface area contributed by atoms with E-state index in [1.54, 1.807) is 0 Å². The van der Waals surface area contributed by atoms with Crippen molar-refractivity contribution in [3.8, 4) is 0 Å². The van der Waals surface area contributed by atoms with E-state index in [1.807, 2.05) is 0 Å². The van der Waals surface area contributed by atoms with Gasteiger partial charge < -0.3 is 9.84 Å². The lowest BCUT2D eigenvalue weighted by molar-refractivity contribution is -0.117. The molecule has 2 atom stereocenters. The highest BCUT2D eigenvalue weighted by Crippen LogP contribution is 2.40. The Morgan fingerprint density at radius 2 is 2.00 bits per heavy atom. The first kappa shape index (κ1) is 12.9. The number of Topliss-reactive ketones (excluding diaryl/α,β-unsaturated/α-hetero) is 1. The maximum absolute atomic E-state index is 11.1. The first-order valence-corrected chi connectivity index (χ1v) is 8.55. The molecule has 0 saturated carbocycles. The number of carbonyl (C=O) groups excluding carboxylic acids is 1. The molecule has 0 radical (unpaired) electrons. The molecule has 0 amide bonds. The molecule has 0 bridgehead atoms. The summed E-state index contributed by atoms with van der Waals surface area (Å²) in [6.07, 6.45) is 0.117. The van der Waals surface area contributed by atoms with Gasteiger partial charge in [0.2, 0.25) is 0 Å². The van der Waals surface area contributed by atoms with E-state index in [2.05, 4.69) is 33.9 Å². The van der Waals surface area contributed by atoms with E-state index in [0.29, 0.717) is 6.42 Å². The second kappa shape index (κ2) is 4.00. The van der Waals surface area contributed by atoms with Crippen LogP contribution in [-0.4, -0.2) is 37.4 Å². The van der Waals surface area contributed by atoms with Gasteiger partial charge in [-0.2, -0.15) is 0 Å². The molecule has 1 unspecified atom stereocenters. The SMILES string of the molecule is CC(C)(C)[Si](C)(C)[C@H](O)C1CC(=O)CO1. The van der Waals surface area contributed by atoms with Crippen molar-refractivity contribution in [2.45, 2.75) is 57.2 Å². The van der Waals surface area contributed by atoms with Crippen molar-refractivity contribution >= 4 is 13.9 Å². The number of carbonyl (C=O) groups is 1. The summed E-state index contributed by atoms with van der Waals surface area (Å²) in [5.41, 5.74) is -0.455. The maximum Gasteiger partial charge on any atom is 0.161 e. The van der Waals surface area contributed by atoms with Crippen LogP contribution in [-0.2, 0) is 9.53 Å². The summed E-state index contributed by atoms with van der Waals surface area (Å²) >= 11 is 0. The summed E-state index contributed by atoms with van der Waals surface area (Å²) in [4.78, 5) is 11.1. The van der Waals surface area contributed by atoms with E-state index in [1.165, 1.54) is 0 Å². The first-order valence-electron chi connectivity index (χ1n) is 5.47. The van der Waals surface area contributed by atoms with E-state index >= 15 is 0 Å². The fourth-order valence-electron chi connectivity index (χ4n) is 1.65. The molecule has 0 aliphatic carbocycles. The molecule has 1 saturated heterocycles. The van der Waals surface area contributed by atoms with Crippen molar-refractivity contribution in [3.63, 3.8) is 0 Å². The Labute approximate surface area is 92.8 Å². The Hall–Kier alpha value is -0.193. The average Bonchev–Trinajstić information content (AvgIpc) is 2.48. The molecule has 0 aromatic carbocycles. The lowest BCUT2D eigenvalue weighted by atomic mass is 10.2. The van der Waals surface area contributed by atoms with Crippen LogP contribution in [0, 0.1) is 0 Å². The van der Waals surface area contributed by atoms with Crippen molar-refractivity contribution in [1.29, 1.82) is 0 Å². The van der Waals surface area contributed by atoms with Crippen molar-refractivity contribution in [1.82, 2.24) is 0 Å². The highest BCUT2D eigenvalue weighted by Gasteiger charge is 2.47. The van der Waals surface area contributed by atoms with Gasteiger partial charge in [-0.3, -0.25) is 4.79 Å². The molecule has 1 heterocycles. The zero-order valence-corrected chi connectivity index (χ0v) is 11.3. The van der Waals surface area contributed by atoms with Gasteiger partial charge in [-0.25, -0.2) is 0 Å². The van der Waals surface area contributed by atoms with Gasteiger partial charge in [0.25, 0.3) is 0 Å². The maximum atomic E-state index is 11.1. The number of ketones is 1. The van der Waals surface area contributed by atoms with E-state index in [-0.39, 0.29) is 23.5 Å². The van der Waals surface area contributed by atoms with Crippen LogP contribution in [0.3, 0.4) is 0 Å². The number of hydrogen-bond donors (Lipinski definition) is 1. The van der Waals surface area contributed by atoms with Gasteiger partial charge in [0.1, 0.15) is 6.61 Å². The quantitative estimate of drug-likeness (QED) is 0.735. The largest absolute Gasteiger partial charge is 0.394 e. The predicted octanol–water partition coefficient (Wildman–Crippen LogP) is 1.75. The molecule has 4 heteroatoms. The van der Waals surface area contributed by atoms with E-state index in [0.717, 1.165) is 0 Å². The van der Waals surface area contributed by atoms with Crippen LogP contribution >= 0.6 is 0 Å². The minimum atomic E-state index is -1.82. The van der Waals surface area contributed by atoms with E-state index < -0.39 is 13.8 Å². The van der Waals surface area contributed by atoms with Crippen LogP contribution in [0.15, 0.2) is 0 Å². The zero-order valence-electron chi connectivity index (χ0n) is 10.3. The third kappa shape index (κ3) is 2.49. The molecule has 1 aliphatic heterocycles. The molecular weight excluding hydrogens is 208 g/mol. The Morgan fingerprint density at radius 3 is 2.33 bits per heavy atom. The molecule has 3 nitrogen and oxygen atoms in total. The molecule has 1 aliphatic rings. The first-order chi connectivity index (χ1) is 6.66. The standard InChI is InChI=1S/C11H22O3Si/c1-11(2,3)15(4,5)10(13)9-6-8(12)7-14-9/h9-10,13H,6-7H2,1-5H3/t9?,10-/m0/s1. The Kier molecular flexibility index (Phi) is 3.43. The highest BCUT2D eigenvalue weighted by molar-refractivity contribution is 6.81. The highest BCUT2D eigenvalue weighted by atomic mass is 28.3. The molecule has 1 fully saturated rings. The van der Waals surface area contributed by atoms with Crippen LogP contribution in [0.4, 0.5) is 0 Å². The van der Waals surface area contributed by atoms with Gasteiger partial charge >= 0.3 is 0 Å². The summed E-state index contributed by atoms with van der Waals surface area (Å²) in [7, 11) is -1.82. The van der Waals surface area contributed by atoms with Gasteiger partial charge in [0, 0.05) is 6.42 Å². The number of ether oxygens (including phenoxy) is 1. The van der Waals surface area contributed by atoms with Gasteiger partial charge in [-0.15, -0.1) is 0 Å². The molecule has 1 N–H and O–H groups in total. The molecule has 1 rings (SSSR count). The topological polar surface area (TPSA) is 46.5 Å². The molecule has 88 valence electrons. The van der Waals surface area contributed by atoms with Crippen LogP contribution < -0.4 is 0 Å². The third-order valence-electron chi connectivity index (χ3n) is 3.91. The number of rotatable bonds is 2. The van der Waals surface area contributed by atoms with Crippen molar-refractivity contribution in [3.05, 3.63) is 0 Å². The molecule has 0 aromatic heterocycles. The van der Waals surface area contributed by atoms with Crippen LogP contribution in [0.25, 0.3) is 0 Å². The molecule has 0 spiro atoms. The second-order valence-electron chi connectivity index (χ2n) is 6.01. The number of aliphatic hydroxyl groups excluding tert-OH is 1. The van der Waals surface area contributed by atoms with Crippen molar-refractivity contribution in [2.75, 3.05) is 6.61 Å². The lowest BCUT2D eigenvalue weighted by Crippen LogP contribution is -2.54. The van der Waals surface area contributed by atoms with Crippen molar-refractivity contribution in [2.24, 2.45) is 0 Å². The Morgan fingerprint density at radius 1 is 1.47 bits per heavy atom. The van der Waals surface area contributed by atoms with E-state index in [9.17, 15) is 9.90 Å². The molecule has 15 heavy (non-hydrogen) atoms. The fraction of sp³-hybridized carbons (Fsp3) is 0.909. The fourth-order valence-corrected chi connectivity index (χ4v) is 3.68. The predicted molar refractivity (Wildman–Crippen MR) is 62.6 cm³/mol. The third-order valence-corrected chi connectivity index (χ3v) is 9.63. The van der Waals surface area contributed by atoms with Gasteiger partial charge in [0.15, 0.2) is 5.78 Å². The summed E-state index contributed by atoms with van der Waals surface area (Å²) in [6, 6.07) is 0. The molecule has 0 aromatic rings. The monoisotopic (exact) mass is 230 g/mol. The zero-order chi connectivity index (χ0) is 11.9. The smallest absolute Gasteiger partial charge is 0.161 e. The summed E-state index contributed by atoms with van der Waals surface area (Å²) < 4.78 is 5.34. The van der Waals surface area contributed by atoms with Gasteiger partial charge in [0.05, 0.1) is 19.9 Å². The Balaban J connectivity index is 2.75. The summed E-state index contributed by atoms with van der Waals surface area (Å²) in [6.45, 7) is 10.9. The minimum Gasteiger partial charge on any atom is -0.394 e. The second-order valence-corrected chi connectivity index (χ2v) is 11.5. The van der Waals surface area contributed by atoms with Crippen molar-refractivity contribution < 1.29 is 14.6 Å². The summed E-state index contributed by atoms with van der Waals surface area (Å²) in [5, 5.41) is 10.4. The number of aliphatic hydroxyl groups is 1. The van der Waals surface area contributed by atoms with E-state index in [4.69, 9.17) is 4.74 Å². The normalized spacial score (nSPS) is 25.7. The lowest BCUT2D eigenvalue weighted by Gasteiger charge is -2.42. The average molecular weight is 230 g/mol. The van der Waals surface area contributed by atoms with Gasteiger partial charge in [-0.1, -0.05) is 33.9 Å². The van der Waals surface area contributed by atoms with Crippen LogP contribution in [0.5, 0.6) is 0 Å². The Bertz CT molecular complexity index is 255. The molecular formula is C11H22O3Si. The summed E-state index contributed by atoms with van der Waals surface area (Å²) in [5.74, 6) is 0.109.